The van der Waals surface area contributed by atoms with Gasteiger partial charge in [0, 0.05) is 29.9 Å². The van der Waals surface area contributed by atoms with Gasteiger partial charge in [0.1, 0.15) is 17.1 Å². The molecule has 0 fully saturated rings. The lowest BCUT2D eigenvalue weighted by Gasteiger charge is -2.33. The van der Waals surface area contributed by atoms with Crippen LogP contribution in [0, 0.1) is 6.92 Å². The maximum atomic E-state index is 12.5. The Hall–Kier alpha value is -3.09. The molecule has 0 saturated carbocycles. The number of pyridine rings is 2. The number of aryl methyl sites for hydroxylation is 2. The van der Waals surface area contributed by atoms with E-state index < -0.39 is 5.60 Å². The summed E-state index contributed by atoms with van der Waals surface area (Å²) in [7, 11) is 1.83. The van der Waals surface area contributed by atoms with E-state index in [-0.39, 0.29) is 12.1 Å². The van der Waals surface area contributed by atoms with Crippen LogP contribution in [0.4, 0.5) is 16.3 Å². The highest BCUT2D eigenvalue weighted by molar-refractivity contribution is 5.84. The van der Waals surface area contributed by atoms with Gasteiger partial charge in [-0.25, -0.2) is 9.78 Å². The average Bonchev–Trinajstić information content (AvgIpc) is 3.04. The summed E-state index contributed by atoms with van der Waals surface area (Å²) in [6, 6.07) is 8.15. The van der Waals surface area contributed by atoms with Crippen LogP contribution in [0.15, 0.2) is 30.5 Å². The van der Waals surface area contributed by atoms with Crippen molar-refractivity contribution in [3.05, 3.63) is 47.4 Å². The molecule has 2 N–H and O–H groups in total. The zero-order valence-corrected chi connectivity index (χ0v) is 18.2. The van der Waals surface area contributed by atoms with Crippen molar-refractivity contribution < 1.29 is 9.53 Å². The van der Waals surface area contributed by atoms with Crippen LogP contribution in [-0.4, -0.2) is 44.6 Å². The van der Waals surface area contributed by atoms with Gasteiger partial charge in [-0.1, -0.05) is 0 Å². The lowest BCUT2D eigenvalue weighted by Crippen LogP contribution is -2.43. The Kier molecular flexibility index (Phi) is 5.13. The smallest absolute Gasteiger partial charge is 0.410 e. The van der Waals surface area contributed by atoms with E-state index in [0.29, 0.717) is 0 Å². The van der Waals surface area contributed by atoms with Gasteiger partial charge >= 0.3 is 6.09 Å². The van der Waals surface area contributed by atoms with Gasteiger partial charge in [0.2, 0.25) is 0 Å². The van der Waals surface area contributed by atoms with E-state index in [9.17, 15) is 4.79 Å². The number of aromatic amines is 1. The van der Waals surface area contributed by atoms with Gasteiger partial charge in [0.25, 0.3) is 0 Å². The molecular formula is C23H29N5O2. The lowest BCUT2D eigenvalue weighted by atomic mass is 9.91. The fourth-order valence-corrected chi connectivity index (χ4v) is 3.85. The van der Waals surface area contributed by atoms with Crippen molar-refractivity contribution in [3.63, 3.8) is 0 Å². The molecule has 7 heteroatoms. The summed E-state index contributed by atoms with van der Waals surface area (Å²) >= 11 is 0. The zero-order valence-electron chi connectivity index (χ0n) is 18.2. The first-order chi connectivity index (χ1) is 14.2. The molecule has 158 valence electrons. The van der Waals surface area contributed by atoms with Gasteiger partial charge in [-0.05, 0) is 76.8 Å². The van der Waals surface area contributed by atoms with E-state index in [1.54, 1.807) is 11.1 Å². The molecule has 0 aliphatic heterocycles. The highest BCUT2D eigenvalue weighted by atomic mass is 16.6. The Balaban J connectivity index is 1.53. The largest absolute Gasteiger partial charge is 0.444 e. The van der Waals surface area contributed by atoms with Crippen LogP contribution in [0.5, 0.6) is 0 Å². The van der Waals surface area contributed by atoms with E-state index in [1.807, 2.05) is 52.9 Å². The number of fused-ring (bicyclic) bond motifs is 3. The Bertz CT molecular complexity index is 1070. The maximum Gasteiger partial charge on any atom is 0.410 e. The molecule has 1 amide bonds. The second-order valence-corrected chi connectivity index (χ2v) is 8.98. The van der Waals surface area contributed by atoms with E-state index in [0.717, 1.165) is 47.5 Å². The van der Waals surface area contributed by atoms with Crippen molar-refractivity contribution in [2.45, 2.75) is 58.6 Å². The quantitative estimate of drug-likeness (QED) is 0.656. The number of carbonyl (C=O) groups is 1. The van der Waals surface area contributed by atoms with Gasteiger partial charge in [0.05, 0.1) is 11.9 Å². The Morgan fingerprint density at radius 2 is 2.07 bits per heavy atom. The van der Waals surface area contributed by atoms with Crippen molar-refractivity contribution in [1.82, 2.24) is 19.9 Å². The third-order valence-electron chi connectivity index (χ3n) is 5.43. The molecule has 1 unspecified atom stereocenters. The zero-order chi connectivity index (χ0) is 21.5. The molecule has 3 aromatic heterocycles. The summed E-state index contributed by atoms with van der Waals surface area (Å²) in [5.41, 5.74) is 4.71. The normalized spacial score (nSPS) is 16.2. The van der Waals surface area contributed by atoms with Crippen molar-refractivity contribution in [1.29, 1.82) is 0 Å². The number of anilines is 2. The molecule has 7 nitrogen and oxygen atoms in total. The number of H-pyrrole nitrogens is 1. The molecule has 3 aromatic rings. The van der Waals surface area contributed by atoms with E-state index in [4.69, 9.17) is 9.72 Å². The molecule has 1 aliphatic rings. The molecule has 0 saturated heterocycles. The van der Waals surface area contributed by atoms with E-state index in [2.05, 4.69) is 21.4 Å². The number of nitrogens with zero attached hydrogens (tertiary/aromatic N) is 3. The summed E-state index contributed by atoms with van der Waals surface area (Å²) in [4.78, 5) is 26.8. The fourth-order valence-electron chi connectivity index (χ4n) is 3.85. The Morgan fingerprint density at radius 3 is 2.77 bits per heavy atom. The fraction of sp³-hybridized carbons (Fsp3) is 0.435. The highest BCUT2D eigenvalue weighted by Gasteiger charge is 2.30. The maximum absolute atomic E-state index is 12.5. The number of amides is 1. The highest BCUT2D eigenvalue weighted by Crippen LogP contribution is 2.31. The number of aromatic nitrogens is 3. The monoisotopic (exact) mass is 407 g/mol. The van der Waals surface area contributed by atoms with Crippen molar-refractivity contribution >= 4 is 28.6 Å². The molecule has 3 heterocycles. The number of nitrogens with one attached hydrogen (secondary N) is 2. The SMILES string of the molecule is Cc1ccc(Nc2ccc3c4c([nH]c3n2)CCC(N(C)C(=O)OC(C)(C)C)C4)cn1. The van der Waals surface area contributed by atoms with Crippen LogP contribution >= 0.6 is 0 Å². The van der Waals surface area contributed by atoms with Crippen LogP contribution < -0.4 is 5.32 Å². The number of hydrogen-bond donors (Lipinski definition) is 2. The van der Waals surface area contributed by atoms with Gasteiger partial charge < -0.3 is 19.9 Å². The first-order valence-electron chi connectivity index (χ1n) is 10.4. The number of carbonyl (C=O) groups excluding carboxylic acids is 1. The summed E-state index contributed by atoms with van der Waals surface area (Å²) in [5, 5.41) is 4.42. The third kappa shape index (κ3) is 4.25. The third-order valence-corrected chi connectivity index (χ3v) is 5.43. The number of ether oxygens (including phenoxy) is 1. The molecule has 1 atom stereocenters. The molecule has 0 radical (unpaired) electrons. The van der Waals surface area contributed by atoms with Crippen LogP contribution in [0.25, 0.3) is 11.0 Å². The number of likely N-dealkylation sites (N-methyl/N-ethyl adjacent to an activating group) is 1. The van der Waals surface area contributed by atoms with Crippen LogP contribution in [0.3, 0.4) is 0 Å². The minimum atomic E-state index is -0.494. The van der Waals surface area contributed by atoms with E-state index >= 15 is 0 Å². The second-order valence-electron chi connectivity index (χ2n) is 8.98. The van der Waals surface area contributed by atoms with Crippen molar-refractivity contribution in [3.8, 4) is 0 Å². The molecular weight excluding hydrogens is 378 g/mol. The van der Waals surface area contributed by atoms with Crippen LogP contribution in [0.1, 0.15) is 44.1 Å². The molecule has 0 bridgehead atoms. The summed E-state index contributed by atoms with van der Waals surface area (Å²) in [6.07, 6.45) is 4.11. The van der Waals surface area contributed by atoms with Gasteiger partial charge in [-0.2, -0.15) is 0 Å². The minimum Gasteiger partial charge on any atom is -0.444 e. The molecule has 30 heavy (non-hydrogen) atoms. The van der Waals surface area contributed by atoms with Gasteiger partial charge in [0.15, 0.2) is 0 Å². The Morgan fingerprint density at radius 1 is 1.27 bits per heavy atom. The first-order valence-corrected chi connectivity index (χ1v) is 10.4. The predicted octanol–water partition coefficient (Wildman–Crippen LogP) is 4.73. The first kappa shape index (κ1) is 20.2. The van der Waals surface area contributed by atoms with Gasteiger partial charge in [-0.3, -0.25) is 4.98 Å². The average molecular weight is 408 g/mol. The summed E-state index contributed by atoms with van der Waals surface area (Å²) in [5.74, 6) is 0.772. The topological polar surface area (TPSA) is 83.1 Å². The standard InChI is InChI=1S/C23H29N5O2/c1-14-6-7-15(13-24-14)25-20-11-9-17-18-12-16(8-10-19(18)26-21(17)27-20)28(5)22(29)30-23(2,3)4/h6-7,9,11,13,16H,8,10,12H2,1-5H3,(H2,25,26,27). The molecule has 0 spiro atoms. The van der Waals surface area contributed by atoms with Gasteiger partial charge in [-0.15, -0.1) is 0 Å². The summed E-state index contributed by atoms with van der Waals surface area (Å²) in [6.45, 7) is 7.63. The minimum absolute atomic E-state index is 0.114. The van der Waals surface area contributed by atoms with E-state index in [1.165, 1.54) is 11.3 Å². The molecule has 0 aromatic carbocycles. The number of hydrogen-bond acceptors (Lipinski definition) is 5. The van der Waals surface area contributed by atoms with Crippen molar-refractivity contribution in [2.24, 2.45) is 0 Å². The second kappa shape index (κ2) is 7.63. The van der Waals surface area contributed by atoms with Crippen LogP contribution in [-0.2, 0) is 17.6 Å². The lowest BCUT2D eigenvalue weighted by molar-refractivity contribution is 0.0210. The van der Waals surface area contributed by atoms with Crippen molar-refractivity contribution in [2.75, 3.05) is 12.4 Å². The summed E-state index contributed by atoms with van der Waals surface area (Å²) < 4.78 is 5.54. The Labute approximate surface area is 176 Å². The van der Waals surface area contributed by atoms with Crippen LogP contribution in [0.2, 0.25) is 0 Å². The molecule has 4 rings (SSSR count). The predicted molar refractivity (Wildman–Crippen MR) is 118 cm³/mol. The number of rotatable bonds is 3. The molecule has 1 aliphatic carbocycles.